The molecule has 0 saturated carbocycles. The molecule has 0 N–H and O–H groups in total. The third kappa shape index (κ3) is 6.23. The molecule has 0 aliphatic heterocycles. The Kier molecular flexibility index (Phi) is 7.16. The Morgan fingerprint density at radius 3 is 2.70 bits per heavy atom. The van der Waals surface area contributed by atoms with Crippen LogP contribution in [0.5, 0.6) is 0 Å². The molecule has 0 amide bonds. The van der Waals surface area contributed by atoms with Crippen molar-refractivity contribution in [1.82, 2.24) is 4.98 Å². The Hall–Kier alpha value is 0.727. The summed E-state index contributed by atoms with van der Waals surface area (Å²) < 4.78 is 2.44. The SMILES string of the molecule is C[Si](C)(C)CCCSSSSc1nc2ccccc2s1. The first-order chi connectivity index (χ1) is 9.54. The van der Waals surface area contributed by atoms with E-state index >= 15 is 0 Å². The van der Waals surface area contributed by atoms with Crippen molar-refractivity contribution in [2.75, 3.05) is 5.75 Å². The summed E-state index contributed by atoms with van der Waals surface area (Å²) >= 11 is 1.78. The fourth-order valence-corrected chi connectivity index (χ4v) is 10.5. The summed E-state index contributed by atoms with van der Waals surface area (Å²) in [6, 6.07) is 9.78. The molecule has 0 radical (unpaired) electrons. The molecule has 1 heterocycles. The van der Waals surface area contributed by atoms with Crippen molar-refractivity contribution < 1.29 is 0 Å². The molecule has 1 aromatic carbocycles. The molecule has 0 atom stereocenters. The lowest BCUT2D eigenvalue weighted by molar-refractivity contribution is 1.07. The Bertz CT molecular complexity index is 504. The van der Waals surface area contributed by atoms with E-state index in [9.17, 15) is 0 Å². The molecule has 7 heteroatoms. The summed E-state index contributed by atoms with van der Waals surface area (Å²) in [5, 5.41) is 0. The highest BCUT2D eigenvalue weighted by Crippen LogP contribution is 2.48. The molecule has 0 aliphatic carbocycles. The van der Waals surface area contributed by atoms with Crippen LogP contribution in [0.3, 0.4) is 0 Å². The van der Waals surface area contributed by atoms with Gasteiger partial charge in [0.15, 0.2) is 4.34 Å². The van der Waals surface area contributed by atoms with Crippen LogP contribution < -0.4 is 0 Å². The minimum atomic E-state index is -0.840. The van der Waals surface area contributed by atoms with Crippen LogP contribution in [0.2, 0.25) is 25.7 Å². The van der Waals surface area contributed by atoms with Gasteiger partial charge < -0.3 is 0 Å². The normalized spacial score (nSPS) is 12.2. The Labute approximate surface area is 141 Å². The van der Waals surface area contributed by atoms with Gasteiger partial charge in [0, 0.05) is 13.8 Å². The number of thiazole rings is 1. The van der Waals surface area contributed by atoms with E-state index in [4.69, 9.17) is 0 Å². The summed E-state index contributed by atoms with van der Waals surface area (Å²) in [5.74, 6) is 1.27. The van der Waals surface area contributed by atoms with Crippen LogP contribution in [0.1, 0.15) is 6.42 Å². The fraction of sp³-hybridized carbons (Fsp3) is 0.462. The summed E-state index contributed by atoms with van der Waals surface area (Å²) in [4.78, 5) is 4.62. The maximum Gasteiger partial charge on any atom is 0.162 e. The van der Waals surface area contributed by atoms with E-state index in [1.165, 1.54) is 22.9 Å². The van der Waals surface area contributed by atoms with Gasteiger partial charge in [-0.25, -0.2) is 4.98 Å². The molecule has 0 unspecified atom stereocenters. The largest absolute Gasteiger partial charge is 0.229 e. The van der Waals surface area contributed by atoms with E-state index in [-0.39, 0.29) is 0 Å². The van der Waals surface area contributed by atoms with Crippen molar-refractivity contribution in [3.05, 3.63) is 24.3 Å². The molecule has 0 saturated heterocycles. The van der Waals surface area contributed by atoms with Crippen LogP contribution in [-0.4, -0.2) is 18.8 Å². The van der Waals surface area contributed by atoms with Crippen LogP contribution in [0.25, 0.3) is 10.2 Å². The minimum absolute atomic E-state index is 0.840. The number of para-hydroxylation sites is 1. The van der Waals surface area contributed by atoms with E-state index in [1.54, 1.807) is 22.1 Å². The van der Waals surface area contributed by atoms with Gasteiger partial charge in [0.1, 0.15) is 0 Å². The van der Waals surface area contributed by atoms with Crippen LogP contribution >= 0.6 is 52.6 Å². The van der Waals surface area contributed by atoms with Gasteiger partial charge in [-0.1, -0.05) is 48.6 Å². The number of rotatable bonds is 8. The van der Waals surface area contributed by atoms with Gasteiger partial charge in [0.2, 0.25) is 0 Å². The minimum Gasteiger partial charge on any atom is -0.229 e. The van der Waals surface area contributed by atoms with E-state index in [0.29, 0.717) is 0 Å². The monoisotopic (exact) mass is 377 g/mol. The molecule has 110 valence electrons. The third-order valence-electron chi connectivity index (χ3n) is 2.61. The van der Waals surface area contributed by atoms with Crippen molar-refractivity contribution in [3.8, 4) is 0 Å². The predicted molar refractivity (Wildman–Crippen MR) is 106 cm³/mol. The average molecular weight is 378 g/mol. The summed E-state index contributed by atoms with van der Waals surface area (Å²) in [7, 11) is 6.64. The van der Waals surface area contributed by atoms with Gasteiger partial charge in [0.25, 0.3) is 0 Å². The van der Waals surface area contributed by atoms with Crippen molar-refractivity contribution in [2.24, 2.45) is 0 Å². The first-order valence-corrected chi connectivity index (χ1v) is 16.0. The highest BCUT2D eigenvalue weighted by molar-refractivity contribution is 9.26. The van der Waals surface area contributed by atoms with Crippen molar-refractivity contribution in [2.45, 2.75) is 36.4 Å². The number of hydrogen-bond donors (Lipinski definition) is 0. The van der Waals surface area contributed by atoms with Gasteiger partial charge in [-0.15, -0.1) is 11.3 Å². The number of fused-ring (bicyclic) bond motifs is 1. The predicted octanol–water partition coefficient (Wildman–Crippen LogP) is 7.06. The quantitative estimate of drug-likeness (QED) is 0.276. The van der Waals surface area contributed by atoms with E-state index in [1.807, 2.05) is 36.5 Å². The van der Waals surface area contributed by atoms with Crippen molar-refractivity contribution in [3.63, 3.8) is 0 Å². The van der Waals surface area contributed by atoms with Crippen molar-refractivity contribution in [1.29, 1.82) is 0 Å². The second-order valence-electron chi connectivity index (χ2n) is 5.65. The molecular weight excluding hydrogens is 359 g/mol. The Morgan fingerprint density at radius 2 is 1.95 bits per heavy atom. The molecule has 0 aliphatic rings. The number of nitrogens with zero attached hydrogens (tertiary/aromatic N) is 1. The third-order valence-corrected chi connectivity index (χ3v) is 12.1. The van der Waals surface area contributed by atoms with Crippen LogP contribution in [-0.2, 0) is 0 Å². The summed E-state index contributed by atoms with van der Waals surface area (Å²) in [5.41, 5.74) is 1.12. The van der Waals surface area contributed by atoms with Gasteiger partial charge in [-0.3, -0.25) is 0 Å². The molecule has 0 spiro atoms. The smallest absolute Gasteiger partial charge is 0.162 e. The zero-order valence-corrected chi connectivity index (χ0v) is 17.0. The Balaban J connectivity index is 1.61. The maximum atomic E-state index is 4.62. The average Bonchev–Trinajstić information content (AvgIpc) is 2.79. The number of hydrogen-bond acceptors (Lipinski definition) is 6. The zero-order valence-electron chi connectivity index (χ0n) is 11.9. The molecule has 1 nitrogen and oxygen atoms in total. The number of benzene rings is 1. The molecule has 0 fully saturated rings. The molecule has 2 aromatic rings. The van der Waals surface area contributed by atoms with Crippen LogP contribution in [0, 0.1) is 0 Å². The zero-order chi connectivity index (χ0) is 14.4. The second-order valence-corrected chi connectivity index (χ2v) is 18.5. The molecule has 1 aromatic heterocycles. The summed E-state index contributed by atoms with van der Waals surface area (Å²) in [6.45, 7) is 7.34. The van der Waals surface area contributed by atoms with E-state index in [0.717, 1.165) is 9.86 Å². The number of aromatic nitrogens is 1. The van der Waals surface area contributed by atoms with Crippen LogP contribution in [0.15, 0.2) is 28.6 Å². The fourth-order valence-electron chi connectivity index (χ4n) is 1.64. The molecule has 0 bridgehead atoms. The molecule has 2 rings (SSSR count). The van der Waals surface area contributed by atoms with Crippen molar-refractivity contribution >= 4 is 70.9 Å². The second kappa shape index (κ2) is 8.38. The lowest BCUT2D eigenvalue weighted by Crippen LogP contribution is -2.18. The summed E-state index contributed by atoms with van der Waals surface area (Å²) in [6.07, 6.45) is 1.36. The maximum absolute atomic E-state index is 4.62. The van der Waals surface area contributed by atoms with Gasteiger partial charge in [-0.05, 0) is 49.0 Å². The highest BCUT2D eigenvalue weighted by Gasteiger charge is 2.11. The highest BCUT2D eigenvalue weighted by atomic mass is 33.7. The lowest BCUT2D eigenvalue weighted by Gasteiger charge is -2.14. The van der Waals surface area contributed by atoms with Gasteiger partial charge in [-0.2, -0.15) is 0 Å². The topological polar surface area (TPSA) is 12.9 Å². The van der Waals surface area contributed by atoms with Gasteiger partial charge >= 0.3 is 0 Å². The Morgan fingerprint density at radius 1 is 1.15 bits per heavy atom. The standard InChI is InChI=1S/C13H19NS5Si/c1-20(2,3)10-6-9-15-18-19-17-13-14-11-7-4-5-8-12(11)16-13/h4-5,7-8H,6,9-10H2,1-3H3. The van der Waals surface area contributed by atoms with Crippen LogP contribution in [0.4, 0.5) is 0 Å². The first kappa shape index (κ1) is 17.1. The lowest BCUT2D eigenvalue weighted by atomic mass is 10.3. The molecule has 20 heavy (non-hydrogen) atoms. The first-order valence-electron chi connectivity index (χ1n) is 6.53. The van der Waals surface area contributed by atoms with Gasteiger partial charge in [0.05, 0.1) is 10.2 Å². The molecular formula is C13H19NS5Si. The van der Waals surface area contributed by atoms with E-state index < -0.39 is 8.07 Å². The van der Waals surface area contributed by atoms with E-state index in [2.05, 4.69) is 42.8 Å².